The van der Waals surface area contributed by atoms with Gasteiger partial charge in [-0.1, -0.05) is 0 Å². The van der Waals surface area contributed by atoms with Crippen LogP contribution in [0, 0.1) is 10.8 Å². The van der Waals surface area contributed by atoms with Crippen LogP contribution in [0.4, 0.5) is 5.95 Å². The van der Waals surface area contributed by atoms with E-state index in [1.54, 1.807) is 25.3 Å². The molecule has 1 saturated carbocycles. The van der Waals surface area contributed by atoms with Crippen molar-refractivity contribution >= 4 is 34.8 Å². The molecule has 1 aromatic carbocycles. The lowest BCUT2D eigenvalue weighted by Gasteiger charge is -2.20. The third-order valence-corrected chi connectivity index (χ3v) is 6.14. The Morgan fingerprint density at radius 1 is 1.21 bits per heavy atom. The van der Waals surface area contributed by atoms with E-state index < -0.39 is 22.8 Å². The van der Waals surface area contributed by atoms with Crippen LogP contribution in [0.25, 0.3) is 11.0 Å². The summed E-state index contributed by atoms with van der Waals surface area (Å²) in [5.74, 6) is -2.08. The number of carboxylic acids is 2. The number of fused-ring (bicyclic) bond motifs is 2. The molecule has 2 atom stereocenters. The van der Waals surface area contributed by atoms with Gasteiger partial charge in [-0.3, -0.25) is 14.4 Å². The molecule has 10 heteroatoms. The maximum atomic E-state index is 13.0. The summed E-state index contributed by atoms with van der Waals surface area (Å²) in [6.07, 6.45) is 0.0597. The second-order valence-electron chi connectivity index (χ2n) is 7.73. The van der Waals surface area contributed by atoms with Crippen molar-refractivity contribution in [3.05, 3.63) is 23.8 Å². The Balaban J connectivity index is 1.58. The predicted molar refractivity (Wildman–Crippen MR) is 102 cm³/mol. The highest BCUT2D eigenvalue weighted by Gasteiger charge is 2.81. The van der Waals surface area contributed by atoms with Gasteiger partial charge in [-0.15, -0.1) is 0 Å². The Hall–Kier alpha value is -3.14. The number of piperidine rings is 1. The quantitative estimate of drug-likeness (QED) is 0.574. The molecule has 1 aromatic heterocycles. The first-order chi connectivity index (χ1) is 13.8. The highest BCUT2D eigenvalue weighted by atomic mass is 16.5. The smallest absolute Gasteiger partial charge is 0.312 e. The van der Waals surface area contributed by atoms with Crippen molar-refractivity contribution in [2.75, 3.05) is 38.7 Å². The summed E-state index contributed by atoms with van der Waals surface area (Å²) in [6, 6.07) is 5.06. The molecule has 1 aliphatic carbocycles. The minimum Gasteiger partial charge on any atom is -0.481 e. The van der Waals surface area contributed by atoms with E-state index in [4.69, 9.17) is 4.74 Å². The van der Waals surface area contributed by atoms with Crippen LogP contribution < -0.4 is 5.32 Å². The summed E-state index contributed by atoms with van der Waals surface area (Å²) in [5, 5.41) is 22.2. The van der Waals surface area contributed by atoms with E-state index in [0.717, 1.165) is 5.52 Å². The Kier molecular flexibility index (Phi) is 4.26. The molecule has 29 heavy (non-hydrogen) atoms. The average molecular weight is 402 g/mol. The zero-order valence-electron chi connectivity index (χ0n) is 16.1. The molecule has 3 N–H and O–H groups in total. The lowest BCUT2D eigenvalue weighted by atomic mass is 9.97. The van der Waals surface area contributed by atoms with Gasteiger partial charge in [0, 0.05) is 39.4 Å². The van der Waals surface area contributed by atoms with Gasteiger partial charge in [0.2, 0.25) is 5.95 Å². The zero-order valence-corrected chi connectivity index (χ0v) is 16.1. The number of imidazole rings is 1. The fourth-order valence-corrected chi connectivity index (χ4v) is 4.37. The van der Waals surface area contributed by atoms with Crippen molar-refractivity contribution in [1.82, 2.24) is 14.5 Å². The molecular weight excluding hydrogens is 380 g/mol. The van der Waals surface area contributed by atoms with Crippen molar-refractivity contribution in [3.63, 3.8) is 0 Å². The number of carbonyl (C=O) groups excluding carboxylic acids is 1. The fourth-order valence-electron chi connectivity index (χ4n) is 4.37. The minimum atomic E-state index is -1.39. The predicted octanol–water partition coefficient (Wildman–Crippen LogP) is 0.633. The van der Waals surface area contributed by atoms with Gasteiger partial charge in [0.15, 0.2) is 0 Å². The molecule has 2 heterocycles. The number of anilines is 1. The van der Waals surface area contributed by atoms with Gasteiger partial charge in [0.1, 0.15) is 10.8 Å². The number of rotatable bonds is 7. The van der Waals surface area contributed by atoms with Crippen LogP contribution in [-0.4, -0.2) is 75.9 Å². The standard InChI is InChI=1S/C19H22N4O6/c1-22-13-4-3-11(7-12(13)21-17(22)20-5-6-29-2)14(24)23-9-18(15(25)26)8-19(18,10-23)16(27)28/h3-4,7H,5-6,8-10H2,1-2H3,(H,20,21)(H,25,26)(H,27,28)/t18-,19+. The van der Waals surface area contributed by atoms with Crippen molar-refractivity contribution in [2.45, 2.75) is 6.42 Å². The van der Waals surface area contributed by atoms with E-state index in [0.29, 0.717) is 30.2 Å². The van der Waals surface area contributed by atoms with Crippen LogP contribution in [0.5, 0.6) is 0 Å². The molecule has 0 spiro atoms. The molecule has 1 aliphatic heterocycles. The number of nitrogens with zero attached hydrogens (tertiary/aromatic N) is 3. The highest BCUT2D eigenvalue weighted by Crippen LogP contribution is 2.68. The molecule has 10 nitrogen and oxygen atoms in total. The molecule has 2 aliphatic rings. The number of hydrogen-bond acceptors (Lipinski definition) is 6. The summed E-state index contributed by atoms with van der Waals surface area (Å²) in [4.78, 5) is 42.1. The Morgan fingerprint density at radius 3 is 2.45 bits per heavy atom. The molecule has 0 unspecified atom stereocenters. The minimum absolute atomic E-state index is 0.0597. The lowest BCUT2D eigenvalue weighted by Crippen LogP contribution is -2.34. The second kappa shape index (κ2) is 6.45. The number of methoxy groups -OCH3 is 1. The summed E-state index contributed by atoms with van der Waals surface area (Å²) in [6.45, 7) is 0.912. The third kappa shape index (κ3) is 2.66. The number of ether oxygens (including phenoxy) is 1. The number of nitrogens with one attached hydrogen (secondary N) is 1. The number of benzene rings is 1. The molecule has 1 amide bonds. The number of aromatic nitrogens is 2. The normalized spacial score (nSPS) is 25.1. The first-order valence-corrected chi connectivity index (χ1v) is 9.21. The number of hydrogen-bond donors (Lipinski definition) is 3. The maximum absolute atomic E-state index is 13.0. The number of carboxylic acid groups (broad SMARTS) is 2. The first-order valence-electron chi connectivity index (χ1n) is 9.21. The first kappa shape index (κ1) is 19.2. The lowest BCUT2D eigenvalue weighted by molar-refractivity contribution is -0.151. The van der Waals surface area contributed by atoms with Crippen LogP contribution in [0.15, 0.2) is 18.2 Å². The molecule has 2 aromatic rings. The number of likely N-dealkylation sites (tertiary alicyclic amines) is 1. The van der Waals surface area contributed by atoms with E-state index in [1.807, 2.05) is 11.6 Å². The van der Waals surface area contributed by atoms with Gasteiger partial charge >= 0.3 is 11.9 Å². The van der Waals surface area contributed by atoms with Gasteiger partial charge in [0.25, 0.3) is 5.91 Å². The van der Waals surface area contributed by atoms with Crippen LogP contribution in [0.2, 0.25) is 0 Å². The van der Waals surface area contributed by atoms with E-state index in [2.05, 4.69) is 10.3 Å². The van der Waals surface area contributed by atoms with Gasteiger partial charge in [-0.2, -0.15) is 0 Å². The Labute approximate surface area is 166 Å². The molecule has 154 valence electrons. The third-order valence-electron chi connectivity index (χ3n) is 6.14. The van der Waals surface area contributed by atoms with Crippen LogP contribution in [0.1, 0.15) is 16.8 Å². The van der Waals surface area contributed by atoms with Gasteiger partial charge in [-0.25, -0.2) is 4.98 Å². The van der Waals surface area contributed by atoms with Crippen molar-refractivity contribution in [1.29, 1.82) is 0 Å². The van der Waals surface area contributed by atoms with Crippen LogP contribution in [0.3, 0.4) is 0 Å². The fraction of sp³-hybridized carbons (Fsp3) is 0.474. The van der Waals surface area contributed by atoms with E-state index in [9.17, 15) is 24.6 Å². The molecule has 4 rings (SSSR count). The summed E-state index contributed by atoms with van der Waals surface area (Å²) in [5.41, 5.74) is -0.982. The van der Waals surface area contributed by atoms with Crippen molar-refractivity contribution in [3.8, 4) is 0 Å². The molecular formula is C19H22N4O6. The Morgan fingerprint density at radius 2 is 1.86 bits per heavy atom. The van der Waals surface area contributed by atoms with Crippen molar-refractivity contribution in [2.24, 2.45) is 17.9 Å². The molecule has 2 fully saturated rings. The average Bonchev–Trinajstić information content (AvgIpc) is 3.07. The second-order valence-corrected chi connectivity index (χ2v) is 7.73. The van der Waals surface area contributed by atoms with E-state index in [1.165, 1.54) is 4.90 Å². The Bertz CT molecular complexity index is 1010. The van der Waals surface area contributed by atoms with E-state index in [-0.39, 0.29) is 25.4 Å². The number of aliphatic carboxylic acids is 2. The van der Waals surface area contributed by atoms with E-state index >= 15 is 0 Å². The van der Waals surface area contributed by atoms with Crippen LogP contribution in [-0.2, 0) is 21.4 Å². The van der Waals surface area contributed by atoms with Gasteiger partial charge < -0.3 is 29.7 Å². The largest absolute Gasteiger partial charge is 0.481 e. The molecule has 0 bridgehead atoms. The summed E-state index contributed by atoms with van der Waals surface area (Å²) in [7, 11) is 3.47. The molecule has 1 saturated heterocycles. The molecule has 0 radical (unpaired) electrons. The summed E-state index contributed by atoms with van der Waals surface area (Å²) >= 11 is 0. The maximum Gasteiger partial charge on any atom is 0.312 e. The number of aryl methyl sites for hydroxylation is 1. The SMILES string of the molecule is COCCNc1nc2cc(C(=O)N3C[C@@]4(C(=O)O)C[C@@]4(C(=O)O)C3)ccc2n1C. The monoisotopic (exact) mass is 402 g/mol. The number of carbonyl (C=O) groups is 3. The highest BCUT2D eigenvalue weighted by molar-refractivity contribution is 6.01. The van der Waals surface area contributed by atoms with Gasteiger partial charge in [-0.05, 0) is 24.6 Å². The van der Waals surface area contributed by atoms with Crippen LogP contribution >= 0.6 is 0 Å². The summed E-state index contributed by atoms with van der Waals surface area (Å²) < 4.78 is 6.88. The zero-order chi connectivity index (χ0) is 21.0. The van der Waals surface area contributed by atoms with Gasteiger partial charge in [0.05, 0.1) is 17.6 Å². The number of amides is 1. The topological polar surface area (TPSA) is 134 Å². The van der Waals surface area contributed by atoms with Crippen molar-refractivity contribution < 1.29 is 29.3 Å².